The summed E-state index contributed by atoms with van der Waals surface area (Å²) in [6.45, 7) is 18.6. The van der Waals surface area contributed by atoms with E-state index in [1.807, 2.05) is 0 Å². The Hall–Kier alpha value is -0.200. The average molecular weight is 342 g/mol. The smallest absolute Gasteiger partial charge is 0.0792 e. The van der Waals surface area contributed by atoms with E-state index in [0.29, 0.717) is 12.2 Å². The molecule has 2 rings (SSSR count). The summed E-state index contributed by atoms with van der Waals surface area (Å²) in [7, 11) is 0. The predicted molar refractivity (Wildman–Crippen MR) is 98.9 cm³/mol. The van der Waals surface area contributed by atoms with Crippen LogP contribution in [0.2, 0.25) is 0 Å². The van der Waals surface area contributed by atoms with E-state index >= 15 is 0 Å². The maximum absolute atomic E-state index is 6.08. The van der Waals surface area contributed by atoms with Crippen LogP contribution in [0.15, 0.2) is 0 Å². The Kier molecular flexibility index (Phi) is 7.09. The van der Waals surface area contributed by atoms with Gasteiger partial charge in [0.1, 0.15) is 0 Å². The molecule has 1 aliphatic heterocycles. The molecule has 0 radical (unpaired) electrons. The average Bonchev–Trinajstić information content (AvgIpc) is 2.47. The molecule has 0 aromatic heterocycles. The van der Waals surface area contributed by atoms with Crippen molar-refractivity contribution in [2.45, 2.75) is 90.6 Å². The number of nitrogens with zero attached hydrogens (tertiary/aromatic N) is 2. The Labute approximate surface area is 149 Å². The van der Waals surface area contributed by atoms with Gasteiger partial charge in [0.15, 0.2) is 0 Å². The second kappa shape index (κ2) is 8.45. The quantitative estimate of drug-likeness (QED) is 0.778. The van der Waals surface area contributed by atoms with Crippen LogP contribution < -0.4 is 5.48 Å². The molecular weight excluding hydrogens is 302 g/mol. The van der Waals surface area contributed by atoms with Crippen molar-refractivity contribution >= 4 is 0 Å². The van der Waals surface area contributed by atoms with Crippen molar-refractivity contribution in [1.29, 1.82) is 0 Å². The molecule has 0 aromatic carbocycles. The van der Waals surface area contributed by atoms with E-state index in [4.69, 9.17) is 9.57 Å². The van der Waals surface area contributed by atoms with Crippen LogP contribution in [0.5, 0.6) is 0 Å². The molecule has 0 bridgehead atoms. The third-order valence-corrected chi connectivity index (χ3v) is 5.00. The minimum absolute atomic E-state index is 0.0359. The molecule has 5 nitrogen and oxygen atoms in total. The molecule has 2 fully saturated rings. The molecule has 1 heterocycles. The summed E-state index contributed by atoms with van der Waals surface area (Å²) in [5.41, 5.74) is 3.45. The topological polar surface area (TPSA) is 37.0 Å². The van der Waals surface area contributed by atoms with Crippen LogP contribution in [0.1, 0.15) is 67.2 Å². The Morgan fingerprint density at radius 2 is 1.38 bits per heavy atom. The lowest BCUT2D eigenvalue weighted by molar-refractivity contribution is -0.114. The van der Waals surface area contributed by atoms with Crippen molar-refractivity contribution in [2.24, 2.45) is 0 Å². The fourth-order valence-corrected chi connectivity index (χ4v) is 3.59. The second-order valence-electron chi connectivity index (χ2n) is 9.33. The molecule has 1 aliphatic carbocycles. The number of nitrogens with one attached hydrogen (secondary N) is 1. The Morgan fingerprint density at radius 1 is 0.833 bits per heavy atom. The van der Waals surface area contributed by atoms with Gasteiger partial charge in [0.05, 0.1) is 24.5 Å². The molecular formula is C19H39N3O2. The van der Waals surface area contributed by atoms with E-state index in [0.717, 1.165) is 58.5 Å². The molecule has 0 unspecified atom stereocenters. The molecule has 24 heavy (non-hydrogen) atoms. The van der Waals surface area contributed by atoms with Gasteiger partial charge in [-0.15, -0.1) is 0 Å². The van der Waals surface area contributed by atoms with Crippen molar-refractivity contribution in [2.75, 3.05) is 32.8 Å². The van der Waals surface area contributed by atoms with E-state index in [1.54, 1.807) is 0 Å². The lowest BCUT2D eigenvalue weighted by atomic mass is 9.94. The molecule has 0 amide bonds. The van der Waals surface area contributed by atoms with Gasteiger partial charge in [-0.2, -0.15) is 5.48 Å². The fourth-order valence-electron chi connectivity index (χ4n) is 3.59. The Morgan fingerprint density at radius 3 is 1.88 bits per heavy atom. The summed E-state index contributed by atoms with van der Waals surface area (Å²) < 4.78 is 6.08. The van der Waals surface area contributed by atoms with E-state index in [1.165, 1.54) is 0 Å². The number of rotatable bonds is 5. The van der Waals surface area contributed by atoms with Gasteiger partial charge in [0.2, 0.25) is 0 Å². The number of piperazine rings is 1. The molecule has 0 spiro atoms. The minimum atomic E-state index is -0.0359. The summed E-state index contributed by atoms with van der Waals surface area (Å²) in [6.07, 6.45) is 5.12. The van der Waals surface area contributed by atoms with Gasteiger partial charge < -0.3 is 4.74 Å². The SMILES string of the molecule is CC(C)(C)OC1CCC(ONCN2CCN(C(C)(C)C)CC2)CC1. The summed E-state index contributed by atoms with van der Waals surface area (Å²) in [5.74, 6) is 0. The normalized spacial score (nSPS) is 28.2. The maximum atomic E-state index is 6.08. The van der Waals surface area contributed by atoms with Crippen LogP contribution in [-0.4, -0.2) is 66.0 Å². The molecule has 2 aliphatic rings. The first-order chi connectivity index (χ1) is 11.1. The molecule has 0 aromatic rings. The molecule has 0 atom stereocenters. The largest absolute Gasteiger partial charge is 0.373 e. The van der Waals surface area contributed by atoms with E-state index in [-0.39, 0.29) is 11.1 Å². The van der Waals surface area contributed by atoms with Crippen LogP contribution in [-0.2, 0) is 9.57 Å². The zero-order valence-electron chi connectivity index (χ0n) is 16.7. The second-order valence-corrected chi connectivity index (χ2v) is 9.33. The van der Waals surface area contributed by atoms with Crippen molar-refractivity contribution in [3.05, 3.63) is 0 Å². The van der Waals surface area contributed by atoms with Crippen LogP contribution in [0.4, 0.5) is 0 Å². The molecule has 1 saturated carbocycles. The van der Waals surface area contributed by atoms with Crippen molar-refractivity contribution in [3.8, 4) is 0 Å². The maximum Gasteiger partial charge on any atom is 0.0792 e. The van der Waals surface area contributed by atoms with Crippen LogP contribution in [0, 0.1) is 0 Å². The van der Waals surface area contributed by atoms with E-state index in [2.05, 4.69) is 56.8 Å². The fraction of sp³-hybridized carbons (Fsp3) is 1.00. The number of hydroxylamine groups is 1. The zero-order chi connectivity index (χ0) is 17.8. The monoisotopic (exact) mass is 341 g/mol. The highest BCUT2D eigenvalue weighted by Gasteiger charge is 2.27. The number of hydrogen-bond donors (Lipinski definition) is 1. The van der Waals surface area contributed by atoms with Gasteiger partial charge in [-0.3, -0.25) is 14.6 Å². The Bertz CT molecular complexity index is 360. The van der Waals surface area contributed by atoms with Gasteiger partial charge in [-0.05, 0) is 67.2 Å². The minimum Gasteiger partial charge on any atom is -0.373 e. The lowest BCUT2D eigenvalue weighted by Crippen LogP contribution is -2.54. The lowest BCUT2D eigenvalue weighted by Gasteiger charge is -2.42. The third-order valence-electron chi connectivity index (χ3n) is 5.00. The number of hydrogen-bond acceptors (Lipinski definition) is 5. The first-order valence-electron chi connectivity index (χ1n) is 9.67. The first kappa shape index (κ1) is 20.1. The van der Waals surface area contributed by atoms with Gasteiger partial charge in [0, 0.05) is 31.7 Å². The van der Waals surface area contributed by atoms with Crippen LogP contribution in [0.25, 0.3) is 0 Å². The molecule has 1 saturated heterocycles. The highest BCUT2D eigenvalue weighted by molar-refractivity contribution is 4.81. The van der Waals surface area contributed by atoms with Crippen LogP contribution >= 0.6 is 0 Å². The first-order valence-corrected chi connectivity index (χ1v) is 9.67. The van der Waals surface area contributed by atoms with Crippen LogP contribution in [0.3, 0.4) is 0 Å². The standard InChI is InChI=1S/C19H39N3O2/c1-18(2,3)22-13-11-21(12-14-22)15-20-24-17-9-7-16(8-10-17)23-19(4,5)6/h16-17,20H,7-15H2,1-6H3. The predicted octanol–water partition coefficient (Wildman–Crippen LogP) is 3.01. The highest BCUT2D eigenvalue weighted by atomic mass is 16.7. The zero-order valence-corrected chi connectivity index (χ0v) is 16.7. The molecule has 5 heteroatoms. The summed E-state index contributed by atoms with van der Waals surface area (Å²) in [4.78, 5) is 10.9. The Balaban J connectivity index is 1.56. The summed E-state index contributed by atoms with van der Waals surface area (Å²) >= 11 is 0. The van der Waals surface area contributed by atoms with Gasteiger partial charge >= 0.3 is 0 Å². The van der Waals surface area contributed by atoms with Crippen molar-refractivity contribution < 1.29 is 9.57 Å². The summed E-state index contributed by atoms with van der Waals surface area (Å²) in [5, 5.41) is 0. The molecule has 1 N–H and O–H groups in total. The number of ether oxygens (including phenoxy) is 1. The molecule has 142 valence electrons. The van der Waals surface area contributed by atoms with Crippen molar-refractivity contribution in [1.82, 2.24) is 15.3 Å². The van der Waals surface area contributed by atoms with Gasteiger partial charge in [-0.1, -0.05) is 0 Å². The van der Waals surface area contributed by atoms with E-state index < -0.39 is 0 Å². The summed E-state index contributed by atoms with van der Waals surface area (Å²) in [6, 6.07) is 0. The van der Waals surface area contributed by atoms with Gasteiger partial charge in [-0.25, -0.2) is 0 Å². The highest BCUT2D eigenvalue weighted by Crippen LogP contribution is 2.26. The van der Waals surface area contributed by atoms with E-state index in [9.17, 15) is 0 Å². The third kappa shape index (κ3) is 6.96. The van der Waals surface area contributed by atoms with Gasteiger partial charge in [0.25, 0.3) is 0 Å². The van der Waals surface area contributed by atoms with Crippen molar-refractivity contribution in [3.63, 3.8) is 0 Å².